The van der Waals surface area contributed by atoms with Crippen molar-refractivity contribution < 1.29 is 56.9 Å². The molecule has 0 bridgehead atoms. The molecule has 5 N–H and O–H groups in total. The molecule has 1 saturated heterocycles. The van der Waals surface area contributed by atoms with E-state index in [0.29, 0.717) is 4.90 Å². The van der Waals surface area contributed by atoms with Crippen molar-refractivity contribution in [1.29, 1.82) is 0 Å². The van der Waals surface area contributed by atoms with Crippen molar-refractivity contribution in [3.8, 4) is 0 Å². The molecule has 208 valence electrons. The Labute approximate surface area is 253 Å². The van der Waals surface area contributed by atoms with Gasteiger partial charge in [0.1, 0.15) is 12.1 Å². The summed E-state index contributed by atoms with van der Waals surface area (Å²) in [7, 11) is 0. The van der Waals surface area contributed by atoms with E-state index in [1.54, 1.807) is 5.32 Å². The van der Waals surface area contributed by atoms with Crippen LogP contribution in [-0.4, -0.2) is 64.6 Å². The molecule has 0 spiro atoms. The molecule has 1 heterocycles. The Morgan fingerprint density at radius 2 is 1.81 bits per heavy atom. The van der Waals surface area contributed by atoms with E-state index in [2.05, 4.69) is 0 Å². The molecule has 0 unspecified atom stereocenters. The monoisotopic (exact) mass is 543 g/mol. The normalized spacial score (nSPS) is 42.9. The fourth-order valence-corrected chi connectivity index (χ4v) is 4.30. The Morgan fingerprint density at radius 1 is 1.16 bits per heavy atom. The van der Waals surface area contributed by atoms with Gasteiger partial charge in [-0.15, -0.1) is 0 Å². The van der Waals surface area contributed by atoms with Crippen LogP contribution in [0.1, 0.15) is 113 Å². The summed E-state index contributed by atoms with van der Waals surface area (Å²) < 4.78 is 193. The SMILES string of the molecule is [2H]C([2H])([2H])C1(C([2H])([2H])[2H])[C@@H]2[C@@H](C(=O)N[C@H](C(=O)C(N)=O)C([2H])([2H])C3([2H])C([2H])([2H])C([2H])([2H])C3([2H])[2H])N(C(=O)[C@@H](NC(=O)NC(C([2H])([2H])[2H])(C([2H])([2H])[2H])C([2H])([2H])[2H])C(C)(C)C)C[C@@H]21. The fourth-order valence-electron chi connectivity index (χ4n) is 4.30. The summed E-state index contributed by atoms with van der Waals surface area (Å²) in [5.74, 6) is -15.2. The molecule has 3 fully saturated rings. The Morgan fingerprint density at radius 3 is 2.35 bits per heavy atom. The third-order valence-electron chi connectivity index (χ3n) is 6.20. The Hall–Kier alpha value is -2.65. The zero-order chi connectivity index (χ0) is 48.7. The summed E-state index contributed by atoms with van der Waals surface area (Å²) in [6, 6.07) is -9.64. The molecular formula is C27H45N5O5. The predicted octanol–water partition coefficient (Wildman–Crippen LogP) is 1.71. The second-order valence-corrected chi connectivity index (χ2v) is 10.1. The summed E-state index contributed by atoms with van der Waals surface area (Å²) in [6.45, 7) is -16.1. The number of nitrogens with zero attached hydrogens (tertiary/aromatic N) is 1. The smallest absolute Gasteiger partial charge is 0.315 e. The van der Waals surface area contributed by atoms with Crippen molar-refractivity contribution in [3.05, 3.63) is 0 Å². The third kappa shape index (κ3) is 6.26. The van der Waals surface area contributed by atoms with Gasteiger partial charge >= 0.3 is 6.03 Å². The maximum absolute atomic E-state index is 14.6. The first-order chi connectivity index (χ1) is 26.5. The third-order valence-corrected chi connectivity index (χ3v) is 6.20. The van der Waals surface area contributed by atoms with E-state index in [-0.39, 0.29) is 0 Å². The van der Waals surface area contributed by atoms with Crippen molar-refractivity contribution in [3.63, 3.8) is 0 Å². The second kappa shape index (κ2) is 9.91. The average Bonchev–Trinajstić information content (AvgIpc) is 3.55. The summed E-state index contributed by atoms with van der Waals surface area (Å²) in [4.78, 5) is 68.5. The van der Waals surface area contributed by atoms with Crippen LogP contribution in [0, 0.1) is 28.6 Å². The molecule has 5 amide bonds. The highest BCUT2D eigenvalue weighted by Gasteiger charge is 2.70. The minimum absolute atomic E-state index is 0.458. The number of Topliss-reactive ketones (excluding diaryl/α,β-unsaturated/α-hetero) is 1. The van der Waals surface area contributed by atoms with Gasteiger partial charge in [-0.3, -0.25) is 19.2 Å². The second-order valence-electron chi connectivity index (χ2n) is 10.1. The van der Waals surface area contributed by atoms with Crippen LogP contribution in [-0.2, 0) is 19.2 Å². The Bertz CT molecular complexity index is 1760. The Balaban J connectivity index is 2.25. The van der Waals surface area contributed by atoms with Crippen LogP contribution < -0.4 is 21.7 Å². The van der Waals surface area contributed by atoms with Crippen LogP contribution in [0.2, 0.25) is 0 Å². The molecule has 3 aliphatic rings. The minimum atomic E-state index is -4.15. The number of primary amides is 1. The van der Waals surface area contributed by atoms with Gasteiger partial charge in [0.25, 0.3) is 5.91 Å². The standard InChI is InChI=1S/C27H45N5O5/c1-25(2,3)20(30-24(37)31-26(4,5)6)23(36)32-13-15-17(27(15,7)8)18(32)22(35)29-16(19(33)21(28)34)12-14-10-9-11-14/h14-18,20H,9-13H2,1-8H3,(H2,28,34)(H,29,35)(H2,30,31,37)/t15-,16-,17-,18-,20+/m0/s1/i4D3,5D3,6D3,7D3,8D3,9D2,10D2,11D2,12D2,14D. The van der Waals surface area contributed by atoms with Gasteiger partial charge in [0.05, 0.1) is 6.04 Å². The van der Waals surface area contributed by atoms with E-state index in [0.717, 1.165) is 0 Å². The molecule has 0 aromatic heterocycles. The number of nitrogens with one attached hydrogen (secondary N) is 3. The Kier molecular flexibility index (Phi) is 2.81. The van der Waals surface area contributed by atoms with Crippen molar-refractivity contribution >= 4 is 29.5 Å². The molecule has 37 heavy (non-hydrogen) atoms. The lowest BCUT2D eigenvalue weighted by atomic mass is 9.80. The fraction of sp³-hybridized carbons (Fsp3) is 0.815. The van der Waals surface area contributed by atoms with Gasteiger partial charge in [-0.2, -0.15) is 0 Å². The number of likely N-dealkylation sites (tertiary alicyclic amines) is 1. The number of piperidine rings is 1. The molecule has 2 aliphatic carbocycles. The lowest BCUT2D eigenvalue weighted by molar-refractivity contribution is -0.145. The molecule has 0 aromatic rings. The van der Waals surface area contributed by atoms with Gasteiger partial charge in [-0.1, -0.05) is 53.6 Å². The topological polar surface area (TPSA) is 151 Å². The molecule has 10 nitrogen and oxygen atoms in total. The van der Waals surface area contributed by atoms with Gasteiger partial charge in [0, 0.05) is 45.0 Å². The van der Waals surface area contributed by atoms with Crippen LogP contribution in [0.3, 0.4) is 0 Å². The van der Waals surface area contributed by atoms with E-state index in [1.165, 1.54) is 26.1 Å². The first-order valence-corrected chi connectivity index (χ1v) is 11.0. The molecule has 3 rings (SSSR count). The van der Waals surface area contributed by atoms with Crippen molar-refractivity contribution in [2.45, 2.75) is 104 Å². The molecule has 0 aromatic carbocycles. The number of ketones is 1. The van der Waals surface area contributed by atoms with Crippen LogP contribution in [0.15, 0.2) is 0 Å². The maximum Gasteiger partial charge on any atom is 0.315 e. The van der Waals surface area contributed by atoms with E-state index >= 15 is 0 Å². The zero-order valence-corrected chi connectivity index (χ0v) is 20.2. The van der Waals surface area contributed by atoms with Crippen molar-refractivity contribution in [2.75, 3.05) is 6.54 Å². The number of nitrogens with two attached hydrogens (primary N) is 1. The highest BCUT2D eigenvalue weighted by molar-refractivity contribution is 6.37. The van der Waals surface area contributed by atoms with Gasteiger partial charge in [0.15, 0.2) is 0 Å². The number of urea groups is 1. The molecule has 5 atom stereocenters. The zero-order valence-electron chi connectivity index (χ0n) is 44.2. The summed E-state index contributed by atoms with van der Waals surface area (Å²) in [5, 5.41) is 5.07. The van der Waals surface area contributed by atoms with Crippen molar-refractivity contribution in [1.82, 2.24) is 20.9 Å². The van der Waals surface area contributed by atoms with Gasteiger partial charge < -0.3 is 26.6 Å². The van der Waals surface area contributed by atoms with Gasteiger partial charge in [0.2, 0.25) is 17.6 Å². The van der Waals surface area contributed by atoms with Crippen LogP contribution in [0.4, 0.5) is 4.79 Å². The van der Waals surface area contributed by atoms with Crippen LogP contribution in [0.25, 0.3) is 0 Å². The first kappa shape index (κ1) is 10.5. The lowest BCUT2D eigenvalue weighted by Gasteiger charge is -2.38. The predicted molar refractivity (Wildman–Crippen MR) is 139 cm³/mol. The van der Waals surface area contributed by atoms with Gasteiger partial charge in [-0.05, 0) is 55.5 Å². The highest BCUT2D eigenvalue weighted by Crippen LogP contribution is 2.65. The first-order valence-electron chi connectivity index (χ1n) is 23.0. The number of carbonyl (C=O) groups excluding carboxylic acids is 5. The molecule has 0 radical (unpaired) electrons. The summed E-state index contributed by atoms with van der Waals surface area (Å²) in [5.41, 5.74) is -3.32. The summed E-state index contributed by atoms with van der Waals surface area (Å²) >= 11 is 0. The number of hydrogen-bond acceptors (Lipinski definition) is 5. The number of fused-ring (bicyclic) bond motifs is 1. The number of rotatable bonds is 8. The maximum atomic E-state index is 14.6. The van der Waals surface area contributed by atoms with Gasteiger partial charge in [-0.25, -0.2) is 4.79 Å². The number of hydrogen-bond donors (Lipinski definition) is 4. The van der Waals surface area contributed by atoms with E-state index in [4.69, 9.17) is 38.6 Å². The molecular weight excluding hydrogens is 474 g/mol. The average molecular weight is 544 g/mol. The number of carbonyl (C=O) groups is 5. The van der Waals surface area contributed by atoms with E-state index in [1.807, 2.05) is 5.32 Å². The molecule has 2 saturated carbocycles. The van der Waals surface area contributed by atoms with Crippen LogP contribution in [0.5, 0.6) is 0 Å². The molecule has 1 aliphatic heterocycles. The highest BCUT2D eigenvalue weighted by atomic mass is 16.2. The van der Waals surface area contributed by atoms with Crippen molar-refractivity contribution in [2.24, 2.45) is 34.3 Å². The van der Waals surface area contributed by atoms with Crippen LogP contribution >= 0.6 is 0 Å². The van der Waals surface area contributed by atoms with E-state index < -0.39 is 148 Å². The minimum Gasteiger partial charge on any atom is -0.363 e. The summed E-state index contributed by atoms with van der Waals surface area (Å²) in [6.07, 6.45) is -15.4. The number of amides is 5. The quantitative estimate of drug-likeness (QED) is 0.344. The molecule has 10 heteroatoms. The van der Waals surface area contributed by atoms with E-state index in [9.17, 15) is 24.0 Å². The lowest BCUT2D eigenvalue weighted by Crippen LogP contribution is -2.62. The largest absolute Gasteiger partial charge is 0.363 e.